The molecule has 5 nitrogen and oxygen atoms in total. The number of carboxylic acids is 1. The number of urea groups is 1. The topological polar surface area (TPSA) is 69.6 Å². The lowest BCUT2D eigenvalue weighted by atomic mass is 10.2. The van der Waals surface area contributed by atoms with Gasteiger partial charge in [0.1, 0.15) is 0 Å². The second kappa shape index (κ2) is 5.18. The zero-order chi connectivity index (χ0) is 12.3. The van der Waals surface area contributed by atoms with Crippen LogP contribution in [0.2, 0.25) is 0 Å². The van der Waals surface area contributed by atoms with Gasteiger partial charge in [0.2, 0.25) is 0 Å². The molecule has 3 atom stereocenters. The second-order valence-corrected chi connectivity index (χ2v) is 4.78. The van der Waals surface area contributed by atoms with E-state index in [1.54, 1.807) is 18.9 Å². The molecule has 0 saturated heterocycles. The van der Waals surface area contributed by atoms with E-state index in [2.05, 4.69) is 12.2 Å². The first kappa shape index (κ1) is 12.8. The summed E-state index contributed by atoms with van der Waals surface area (Å²) in [5, 5.41) is 11.3. The molecule has 1 aliphatic carbocycles. The van der Waals surface area contributed by atoms with Crippen LogP contribution in [0.25, 0.3) is 0 Å². The molecular weight excluding hydrogens is 208 g/mol. The standard InChI is InChI=1S/C11H20N2O3/c1-7-4-9(7)6-13(3)11(16)12-5-8(2)10(14)15/h7-9H,4-6H2,1-3H3,(H,12,16)(H,14,15). The van der Waals surface area contributed by atoms with E-state index in [0.29, 0.717) is 11.8 Å². The minimum Gasteiger partial charge on any atom is -0.481 e. The highest BCUT2D eigenvalue weighted by atomic mass is 16.4. The van der Waals surface area contributed by atoms with Crippen molar-refractivity contribution in [1.82, 2.24) is 10.2 Å². The van der Waals surface area contributed by atoms with Gasteiger partial charge in [-0.3, -0.25) is 4.79 Å². The summed E-state index contributed by atoms with van der Waals surface area (Å²) in [7, 11) is 1.74. The van der Waals surface area contributed by atoms with Gasteiger partial charge >= 0.3 is 12.0 Å². The molecule has 16 heavy (non-hydrogen) atoms. The number of nitrogens with zero attached hydrogens (tertiary/aromatic N) is 1. The van der Waals surface area contributed by atoms with Crippen molar-refractivity contribution in [2.24, 2.45) is 17.8 Å². The van der Waals surface area contributed by atoms with Crippen LogP contribution >= 0.6 is 0 Å². The minimum absolute atomic E-state index is 0.179. The smallest absolute Gasteiger partial charge is 0.317 e. The van der Waals surface area contributed by atoms with Crippen molar-refractivity contribution in [3.63, 3.8) is 0 Å². The molecule has 1 fully saturated rings. The van der Waals surface area contributed by atoms with Crippen molar-refractivity contribution in [3.8, 4) is 0 Å². The number of carbonyl (C=O) groups is 2. The number of rotatable bonds is 5. The van der Waals surface area contributed by atoms with Crippen molar-refractivity contribution >= 4 is 12.0 Å². The van der Waals surface area contributed by atoms with Crippen molar-refractivity contribution in [2.75, 3.05) is 20.1 Å². The van der Waals surface area contributed by atoms with E-state index in [1.165, 1.54) is 6.42 Å². The van der Waals surface area contributed by atoms with Crippen molar-refractivity contribution in [2.45, 2.75) is 20.3 Å². The van der Waals surface area contributed by atoms with Crippen molar-refractivity contribution in [3.05, 3.63) is 0 Å². The van der Waals surface area contributed by atoms with Crippen molar-refractivity contribution in [1.29, 1.82) is 0 Å². The van der Waals surface area contributed by atoms with Gasteiger partial charge in [-0.15, -0.1) is 0 Å². The van der Waals surface area contributed by atoms with Crippen LogP contribution < -0.4 is 5.32 Å². The van der Waals surface area contributed by atoms with E-state index in [4.69, 9.17) is 5.11 Å². The van der Waals surface area contributed by atoms with Crippen LogP contribution in [0, 0.1) is 17.8 Å². The van der Waals surface area contributed by atoms with E-state index in [0.717, 1.165) is 6.54 Å². The summed E-state index contributed by atoms with van der Waals surface area (Å²) in [6, 6.07) is -0.188. The number of aliphatic carboxylic acids is 1. The van der Waals surface area contributed by atoms with Gasteiger partial charge in [0.05, 0.1) is 5.92 Å². The summed E-state index contributed by atoms with van der Waals surface area (Å²) >= 11 is 0. The molecule has 5 heteroatoms. The third-order valence-corrected chi connectivity index (χ3v) is 3.11. The highest BCUT2D eigenvalue weighted by molar-refractivity contribution is 5.75. The predicted octanol–water partition coefficient (Wildman–Crippen LogP) is 1.00. The van der Waals surface area contributed by atoms with Crippen LogP contribution in [-0.4, -0.2) is 42.1 Å². The molecule has 1 saturated carbocycles. The summed E-state index contributed by atoms with van der Waals surface area (Å²) < 4.78 is 0. The zero-order valence-electron chi connectivity index (χ0n) is 10.1. The molecule has 0 aromatic rings. The Hall–Kier alpha value is -1.26. The number of carboxylic acid groups (broad SMARTS) is 1. The monoisotopic (exact) mass is 228 g/mol. The maximum atomic E-state index is 11.6. The first-order chi connectivity index (χ1) is 7.41. The summed E-state index contributed by atoms with van der Waals surface area (Å²) in [5.41, 5.74) is 0. The Morgan fingerprint density at radius 3 is 2.56 bits per heavy atom. The Balaban J connectivity index is 2.21. The lowest BCUT2D eigenvalue weighted by Crippen LogP contribution is -2.41. The van der Waals surface area contributed by atoms with E-state index in [9.17, 15) is 9.59 Å². The lowest BCUT2D eigenvalue weighted by molar-refractivity contribution is -0.140. The third-order valence-electron chi connectivity index (χ3n) is 3.11. The van der Waals surface area contributed by atoms with Crippen LogP contribution in [0.1, 0.15) is 20.3 Å². The fourth-order valence-corrected chi connectivity index (χ4v) is 1.55. The Bertz CT molecular complexity index is 280. The molecule has 0 bridgehead atoms. The second-order valence-electron chi connectivity index (χ2n) is 4.78. The van der Waals surface area contributed by atoms with Crippen LogP contribution in [-0.2, 0) is 4.79 Å². The maximum Gasteiger partial charge on any atom is 0.317 e. The van der Waals surface area contributed by atoms with Gasteiger partial charge in [-0.1, -0.05) is 13.8 Å². The SMILES string of the molecule is CC(CNC(=O)N(C)CC1CC1C)C(=O)O. The van der Waals surface area contributed by atoms with E-state index in [1.807, 2.05) is 0 Å². The maximum absolute atomic E-state index is 11.6. The van der Waals surface area contributed by atoms with E-state index < -0.39 is 11.9 Å². The van der Waals surface area contributed by atoms with Gasteiger partial charge < -0.3 is 15.3 Å². The summed E-state index contributed by atoms with van der Waals surface area (Å²) in [6.45, 7) is 4.68. The third kappa shape index (κ3) is 3.72. The molecule has 2 N–H and O–H groups in total. The molecule has 1 aliphatic rings. The first-order valence-corrected chi connectivity index (χ1v) is 5.63. The predicted molar refractivity (Wildman–Crippen MR) is 60.1 cm³/mol. The van der Waals surface area contributed by atoms with Gasteiger partial charge in [-0.2, -0.15) is 0 Å². The Labute approximate surface area is 95.8 Å². The molecule has 0 aromatic heterocycles. The highest BCUT2D eigenvalue weighted by Gasteiger charge is 2.34. The molecule has 0 heterocycles. The van der Waals surface area contributed by atoms with Crippen molar-refractivity contribution < 1.29 is 14.7 Å². The number of carbonyl (C=O) groups excluding carboxylic acids is 1. The molecular formula is C11H20N2O3. The molecule has 0 radical (unpaired) electrons. The highest BCUT2D eigenvalue weighted by Crippen LogP contribution is 2.37. The normalized spacial score (nSPS) is 24.7. The fraction of sp³-hybridized carbons (Fsp3) is 0.818. The molecule has 0 aromatic carbocycles. The van der Waals surface area contributed by atoms with E-state index >= 15 is 0 Å². The molecule has 0 spiro atoms. The average Bonchev–Trinajstić information content (AvgIpc) is 2.89. The molecule has 1 rings (SSSR count). The number of hydrogen-bond donors (Lipinski definition) is 2. The molecule has 0 aliphatic heterocycles. The molecule has 3 unspecified atom stereocenters. The van der Waals surface area contributed by atoms with Gasteiger partial charge in [0.25, 0.3) is 0 Å². The zero-order valence-corrected chi connectivity index (χ0v) is 10.1. The number of hydrogen-bond acceptors (Lipinski definition) is 2. The Morgan fingerprint density at radius 2 is 2.12 bits per heavy atom. The first-order valence-electron chi connectivity index (χ1n) is 5.63. The van der Waals surface area contributed by atoms with Crippen LogP contribution in [0.15, 0.2) is 0 Å². The summed E-state index contributed by atoms with van der Waals surface area (Å²) in [5.74, 6) is -0.100. The quantitative estimate of drug-likeness (QED) is 0.737. The largest absolute Gasteiger partial charge is 0.481 e. The molecule has 92 valence electrons. The van der Waals surface area contributed by atoms with Gasteiger partial charge in [0.15, 0.2) is 0 Å². The van der Waals surface area contributed by atoms with E-state index in [-0.39, 0.29) is 12.6 Å². The van der Waals surface area contributed by atoms with Crippen LogP contribution in [0.3, 0.4) is 0 Å². The van der Waals surface area contributed by atoms with Gasteiger partial charge in [0, 0.05) is 20.1 Å². The van der Waals surface area contributed by atoms with Gasteiger partial charge in [-0.25, -0.2) is 4.79 Å². The van der Waals surface area contributed by atoms with Crippen LogP contribution in [0.4, 0.5) is 4.79 Å². The number of nitrogens with one attached hydrogen (secondary N) is 1. The average molecular weight is 228 g/mol. The molecule has 2 amide bonds. The minimum atomic E-state index is -0.890. The summed E-state index contributed by atoms with van der Waals surface area (Å²) in [6.07, 6.45) is 1.18. The Morgan fingerprint density at radius 1 is 1.56 bits per heavy atom. The number of amides is 2. The van der Waals surface area contributed by atoms with Crippen LogP contribution in [0.5, 0.6) is 0 Å². The summed E-state index contributed by atoms with van der Waals surface area (Å²) in [4.78, 5) is 23.7. The fourth-order valence-electron chi connectivity index (χ4n) is 1.55. The lowest BCUT2D eigenvalue weighted by Gasteiger charge is -2.18. The Kier molecular flexibility index (Phi) is 4.15. The van der Waals surface area contributed by atoms with Gasteiger partial charge in [-0.05, 0) is 18.3 Å².